The monoisotopic (exact) mass is 348 g/mol. The maximum absolute atomic E-state index is 9.83. The largest absolute Gasteiger partial charge is 0.489 e. The molecule has 2 N–H and O–H groups in total. The molecule has 0 aliphatic carbocycles. The summed E-state index contributed by atoms with van der Waals surface area (Å²) >= 11 is 0. The molecule has 1 saturated heterocycles. The van der Waals surface area contributed by atoms with E-state index in [9.17, 15) is 5.11 Å². The fourth-order valence-corrected chi connectivity index (χ4v) is 2.98. The molecule has 0 saturated carbocycles. The van der Waals surface area contributed by atoms with Crippen LogP contribution in [0.5, 0.6) is 5.75 Å². The van der Waals surface area contributed by atoms with E-state index in [1.54, 1.807) is 0 Å². The molecule has 130 valence electrons. The lowest BCUT2D eigenvalue weighted by Gasteiger charge is -2.34. The Morgan fingerprint density at radius 3 is 2.50 bits per heavy atom. The van der Waals surface area contributed by atoms with E-state index >= 15 is 0 Å². The van der Waals surface area contributed by atoms with Crippen molar-refractivity contribution < 1.29 is 9.84 Å². The van der Waals surface area contributed by atoms with Gasteiger partial charge in [0.05, 0.1) is 12.6 Å². The molecule has 3 rings (SSSR count). The van der Waals surface area contributed by atoms with Gasteiger partial charge in [-0.2, -0.15) is 0 Å². The quantitative estimate of drug-likeness (QED) is 0.842. The lowest BCUT2D eigenvalue weighted by molar-refractivity contribution is 0.110. The fraction of sp³-hybridized carbons (Fsp3) is 0.368. The molecule has 0 amide bonds. The van der Waals surface area contributed by atoms with Gasteiger partial charge in [-0.05, 0) is 23.3 Å². The minimum atomic E-state index is 0. The van der Waals surface area contributed by atoms with Crippen molar-refractivity contribution in [3.05, 3.63) is 65.7 Å². The molecule has 0 bridgehead atoms. The number of nitrogens with one attached hydrogen (secondary N) is 1. The second-order valence-electron chi connectivity index (χ2n) is 5.83. The number of hydrogen-bond donors (Lipinski definition) is 2. The summed E-state index contributed by atoms with van der Waals surface area (Å²) in [6, 6.07) is 18.3. The summed E-state index contributed by atoms with van der Waals surface area (Å²) in [6.45, 7) is 4.55. The maximum Gasteiger partial charge on any atom is 0.120 e. The van der Waals surface area contributed by atoms with Gasteiger partial charge in [-0.3, -0.25) is 4.90 Å². The minimum absolute atomic E-state index is 0. The average Bonchev–Trinajstić information content (AvgIpc) is 2.63. The first-order chi connectivity index (χ1) is 11.4. The van der Waals surface area contributed by atoms with Crippen molar-refractivity contribution in [2.45, 2.75) is 12.6 Å². The topological polar surface area (TPSA) is 44.7 Å². The van der Waals surface area contributed by atoms with E-state index in [-0.39, 0.29) is 25.1 Å². The standard InChI is InChI=1S/C19H24N2O2.ClH/c22-14-19(21-11-9-20-10-12-21)17-7-4-8-18(13-17)23-15-16-5-2-1-3-6-16;/h1-8,13,19-20,22H,9-12,14-15H2;1H/t19-;/m1./s1. The Bertz CT molecular complexity index is 603. The van der Waals surface area contributed by atoms with Gasteiger partial charge in [0, 0.05) is 26.2 Å². The van der Waals surface area contributed by atoms with Crippen molar-refractivity contribution in [3.8, 4) is 5.75 Å². The Kier molecular flexibility index (Phi) is 7.53. The van der Waals surface area contributed by atoms with Gasteiger partial charge >= 0.3 is 0 Å². The van der Waals surface area contributed by atoms with Gasteiger partial charge in [0.15, 0.2) is 0 Å². The normalized spacial score (nSPS) is 16.2. The van der Waals surface area contributed by atoms with Crippen LogP contribution in [0, 0.1) is 0 Å². The number of halogens is 1. The Morgan fingerprint density at radius 2 is 1.79 bits per heavy atom. The second kappa shape index (κ2) is 9.64. The van der Waals surface area contributed by atoms with Gasteiger partial charge in [0.1, 0.15) is 12.4 Å². The summed E-state index contributed by atoms with van der Waals surface area (Å²) in [5.41, 5.74) is 2.26. The first kappa shape index (κ1) is 18.7. The van der Waals surface area contributed by atoms with E-state index in [1.807, 2.05) is 36.4 Å². The molecule has 24 heavy (non-hydrogen) atoms. The van der Waals surface area contributed by atoms with Crippen LogP contribution >= 0.6 is 12.4 Å². The van der Waals surface area contributed by atoms with Gasteiger partial charge in [0.25, 0.3) is 0 Å². The third-order valence-electron chi connectivity index (χ3n) is 4.26. The van der Waals surface area contributed by atoms with Crippen molar-refractivity contribution in [2.24, 2.45) is 0 Å². The molecular formula is C19H25ClN2O2. The Labute approximate surface area is 149 Å². The van der Waals surface area contributed by atoms with E-state index in [1.165, 1.54) is 0 Å². The van der Waals surface area contributed by atoms with Gasteiger partial charge in [-0.15, -0.1) is 12.4 Å². The summed E-state index contributed by atoms with van der Waals surface area (Å²) in [5, 5.41) is 13.2. The van der Waals surface area contributed by atoms with Crippen LogP contribution in [0.1, 0.15) is 17.2 Å². The minimum Gasteiger partial charge on any atom is -0.489 e. The zero-order valence-electron chi connectivity index (χ0n) is 13.7. The number of ether oxygens (including phenoxy) is 1. The molecular weight excluding hydrogens is 324 g/mol. The highest BCUT2D eigenvalue weighted by atomic mass is 35.5. The molecule has 1 aliphatic rings. The van der Waals surface area contributed by atoms with E-state index in [4.69, 9.17) is 4.74 Å². The molecule has 1 aliphatic heterocycles. The number of piperazine rings is 1. The van der Waals surface area contributed by atoms with Crippen LogP contribution in [-0.4, -0.2) is 42.8 Å². The third kappa shape index (κ3) is 4.95. The summed E-state index contributed by atoms with van der Waals surface area (Å²) < 4.78 is 5.90. The Balaban J connectivity index is 0.00000208. The lowest BCUT2D eigenvalue weighted by atomic mass is 10.0. The SMILES string of the molecule is Cl.OC[C@H](c1cccc(OCc2ccccc2)c1)N1CCNCC1. The predicted molar refractivity (Wildman–Crippen MR) is 98.7 cm³/mol. The van der Waals surface area contributed by atoms with Crippen molar-refractivity contribution in [1.29, 1.82) is 0 Å². The van der Waals surface area contributed by atoms with Crippen LogP contribution in [-0.2, 0) is 6.61 Å². The van der Waals surface area contributed by atoms with Gasteiger partial charge < -0.3 is 15.2 Å². The lowest BCUT2D eigenvalue weighted by Crippen LogP contribution is -2.46. The van der Waals surface area contributed by atoms with E-state index < -0.39 is 0 Å². The molecule has 0 aromatic heterocycles. The molecule has 0 unspecified atom stereocenters. The second-order valence-corrected chi connectivity index (χ2v) is 5.83. The zero-order valence-corrected chi connectivity index (χ0v) is 14.5. The predicted octanol–water partition coefficient (Wildman–Crippen LogP) is 2.63. The summed E-state index contributed by atoms with van der Waals surface area (Å²) in [4.78, 5) is 2.33. The highest BCUT2D eigenvalue weighted by molar-refractivity contribution is 5.85. The van der Waals surface area contributed by atoms with E-state index in [0.717, 1.165) is 43.1 Å². The third-order valence-corrected chi connectivity index (χ3v) is 4.26. The van der Waals surface area contributed by atoms with Crippen molar-refractivity contribution >= 4 is 12.4 Å². The number of nitrogens with zero attached hydrogens (tertiary/aromatic N) is 1. The summed E-state index contributed by atoms with van der Waals surface area (Å²) in [7, 11) is 0. The molecule has 1 heterocycles. The first-order valence-corrected chi connectivity index (χ1v) is 8.19. The van der Waals surface area contributed by atoms with Gasteiger partial charge in [-0.25, -0.2) is 0 Å². The number of benzene rings is 2. The van der Waals surface area contributed by atoms with Crippen molar-refractivity contribution in [3.63, 3.8) is 0 Å². The van der Waals surface area contributed by atoms with Gasteiger partial charge in [-0.1, -0.05) is 42.5 Å². The first-order valence-electron chi connectivity index (χ1n) is 8.19. The number of aliphatic hydroxyl groups is 1. The number of rotatable bonds is 6. The fourth-order valence-electron chi connectivity index (χ4n) is 2.98. The van der Waals surface area contributed by atoms with Crippen molar-refractivity contribution in [1.82, 2.24) is 10.2 Å². The smallest absolute Gasteiger partial charge is 0.120 e. The molecule has 0 spiro atoms. The molecule has 4 nitrogen and oxygen atoms in total. The molecule has 5 heteroatoms. The van der Waals surface area contributed by atoms with E-state index in [0.29, 0.717) is 6.61 Å². The molecule has 1 fully saturated rings. The summed E-state index contributed by atoms with van der Waals surface area (Å²) in [6.07, 6.45) is 0. The molecule has 2 aromatic carbocycles. The molecule has 2 aromatic rings. The van der Waals surface area contributed by atoms with Crippen LogP contribution in [0.4, 0.5) is 0 Å². The van der Waals surface area contributed by atoms with E-state index in [2.05, 4.69) is 28.4 Å². The molecule has 1 atom stereocenters. The van der Waals surface area contributed by atoms with Crippen LogP contribution in [0.2, 0.25) is 0 Å². The highest BCUT2D eigenvalue weighted by Crippen LogP contribution is 2.25. The van der Waals surface area contributed by atoms with Crippen LogP contribution in [0.25, 0.3) is 0 Å². The number of hydrogen-bond acceptors (Lipinski definition) is 4. The average molecular weight is 349 g/mol. The summed E-state index contributed by atoms with van der Waals surface area (Å²) in [5.74, 6) is 0.847. The highest BCUT2D eigenvalue weighted by Gasteiger charge is 2.21. The number of aliphatic hydroxyl groups excluding tert-OH is 1. The zero-order chi connectivity index (χ0) is 15.9. The Morgan fingerprint density at radius 1 is 1.04 bits per heavy atom. The molecule has 0 radical (unpaired) electrons. The van der Waals surface area contributed by atoms with Crippen LogP contribution in [0.3, 0.4) is 0 Å². The maximum atomic E-state index is 9.83. The van der Waals surface area contributed by atoms with Crippen molar-refractivity contribution in [2.75, 3.05) is 32.8 Å². The van der Waals surface area contributed by atoms with Crippen LogP contribution in [0.15, 0.2) is 54.6 Å². The van der Waals surface area contributed by atoms with Gasteiger partial charge in [0.2, 0.25) is 0 Å². The Hall–Kier alpha value is -1.59. The van der Waals surface area contributed by atoms with Crippen LogP contribution < -0.4 is 10.1 Å².